The highest BCUT2D eigenvalue weighted by atomic mass is 19.4. The molecule has 0 unspecified atom stereocenters. The molecule has 0 N–H and O–H groups in total. The molecule has 4 nitrogen and oxygen atoms in total. The zero-order valence-corrected chi connectivity index (χ0v) is 11.7. The third kappa shape index (κ3) is 3.05. The Morgan fingerprint density at radius 1 is 1.04 bits per heavy atom. The van der Waals surface area contributed by atoms with E-state index in [0.29, 0.717) is 11.1 Å². The van der Waals surface area contributed by atoms with Crippen molar-refractivity contribution < 1.29 is 22.1 Å². The molecule has 0 saturated carbocycles. The second-order valence-corrected chi connectivity index (χ2v) is 4.82. The summed E-state index contributed by atoms with van der Waals surface area (Å²) in [5, 5.41) is 3.70. The maximum absolute atomic E-state index is 13.5. The van der Waals surface area contributed by atoms with Crippen LogP contribution in [-0.2, 0) is 6.18 Å². The number of rotatable bonds is 2. The lowest BCUT2D eigenvalue weighted by Gasteiger charge is -2.04. The Kier molecular flexibility index (Phi) is 3.59. The van der Waals surface area contributed by atoms with Crippen molar-refractivity contribution in [1.82, 2.24) is 15.1 Å². The molecule has 0 bridgehead atoms. The summed E-state index contributed by atoms with van der Waals surface area (Å²) in [4.78, 5) is 7.37. The van der Waals surface area contributed by atoms with Crippen LogP contribution in [0, 0.1) is 12.7 Å². The summed E-state index contributed by atoms with van der Waals surface area (Å²) in [5.74, 6) is -0.272. The van der Waals surface area contributed by atoms with Gasteiger partial charge in [-0.3, -0.25) is 4.98 Å². The smallest absolute Gasteiger partial charge is 0.334 e. The highest BCUT2D eigenvalue weighted by molar-refractivity contribution is 5.59. The van der Waals surface area contributed by atoms with Gasteiger partial charge in [-0.25, -0.2) is 4.39 Å². The summed E-state index contributed by atoms with van der Waals surface area (Å²) in [6, 6.07) is 6.46. The van der Waals surface area contributed by atoms with Crippen LogP contribution in [0.25, 0.3) is 22.8 Å². The van der Waals surface area contributed by atoms with Gasteiger partial charge in [-0.2, -0.15) is 18.2 Å². The summed E-state index contributed by atoms with van der Waals surface area (Å²) in [6.45, 7) is 1.62. The number of aromatic nitrogens is 3. The molecule has 0 aliphatic heterocycles. The Morgan fingerprint density at radius 3 is 2.39 bits per heavy atom. The molecular weight excluding hydrogens is 314 g/mol. The third-order valence-electron chi connectivity index (χ3n) is 3.16. The first-order chi connectivity index (χ1) is 10.8. The number of aryl methyl sites for hydroxylation is 1. The molecule has 118 valence electrons. The van der Waals surface area contributed by atoms with Gasteiger partial charge in [0.2, 0.25) is 5.82 Å². The highest BCUT2D eigenvalue weighted by Crippen LogP contribution is 2.29. The average Bonchev–Trinajstić information content (AvgIpc) is 2.99. The fourth-order valence-electron chi connectivity index (χ4n) is 1.88. The molecule has 0 fully saturated rings. The average molecular weight is 323 g/mol. The summed E-state index contributed by atoms with van der Waals surface area (Å²) in [6.07, 6.45) is -3.52. The third-order valence-corrected chi connectivity index (χ3v) is 3.16. The van der Waals surface area contributed by atoms with Gasteiger partial charge in [-0.1, -0.05) is 17.3 Å². The van der Waals surface area contributed by atoms with E-state index in [1.165, 1.54) is 12.1 Å². The molecule has 0 atom stereocenters. The first kappa shape index (κ1) is 15.1. The molecule has 0 aliphatic rings. The van der Waals surface area contributed by atoms with Gasteiger partial charge in [-0.15, -0.1) is 0 Å². The van der Waals surface area contributed by atoms with E-state index in [-0.39, 0.29) is 17.3 Å². The molecule has 1 aromatic carbocycles. The van der Waals surface area contributed by atoms with Crippen LogP contribution in [0.2, 0.25) is 0 Å². The van der Waals surface area contributed by atoms with Crippen molar-refractivity contribution in [1.29, 1.82) is 0 Å². The number of halogens is 4. The molecule has 0 amide bonds. The first-order valence-electron chi connectivity index (χ1n) is 6.48. The first-order valence-corrected chi connectivity index (χ1v) is 6.48. The van der Waals surface area contributed by atoms with Gasteiger partial charge in [0.05, 0.1) is 5.56 Å². The highest BCUT2D eigenvalue weighted by Gasteiger charge is 2.32. The van der Waals surface area contributed by atoms with Gasteiger partial charge in [0, 0.05) is 11.8 Å². The molecule has 23 heavy (non-hydrogen) atoms. The van der Waals surface area contributed by atoms with E-state index in [4.69, 9.17) is 4.52 Å². The molecule has 2 aromatic heterocycles. The Morgan fingerprint density at radius 2 is 1.78 bits per heavy atom. The van der Waals surface area contributed by atoms with Crippen molar-refractivity contribution >= 4 is 0 Å². The fourth-order valence-corrected chi connectivity index (χ4v) is 1.88. The van der Waals surface area contributed by atoms with Crippen LogP contribution in [0.4, 0.5) is 17.6 Å². The minimum Gasteiger partial charge on any atom is -0.334 e. The molecular formula is C15H9F4N3O. The maximum atomic E-state index is 13.5. The molecule has 2 heterocycles. The van der Waals surface area contributed by atoms with Crippen LogP contribution in [0.3, 0.4) is 0 Å². The van der Waals surface area contributed by atoms with Crippen LogP contribution >= 0.6 is 0 Å². The van der Waals surface area contributed by atoms with E-state index in [1.807, 2.05) is 0 Å². The second-order valence-electron chi connectivity index (χ2n) is 4.82. The summed E-state index contributed by atoms with van der Waals surface area (Å²) in [5.41, 5.74) is 0.110. The van der Waals surface area contributed by atoms with Crippen molar-refractivity contribution in [2.45, 2.75) is 13.1 Å². The molecule has 3 rings (SSSR count). The fraction of sp³-hybridized carbons (Fsp3) is 0.133. The topological polar surface area (TPSA) is 51.8 Å². The molecule has 8 heteroatoms. The van der Waals surface area contributed by atoms with Gasteiger partial charge in [0.15, 0.2) is 0 Å². The minimum atomic E-state index is -4.52. The standard InChI is InChI=1S/C15H9F4N3O/c1-8-2-3-9(6-11(8)16)13-21-14(23-22-13)10-4-5-12(20-7-10)15(17,18)19/h2-7H,1H3. The predicted octanol–water partition coefficient (Wildman–Crippen LogP) is 4.26. The monoisotopic (exact) mass is 323 g/mol. The van der Waals surface area contributed by atoms with Gasteiger partial charge >= 0.3 is 6.18 Å². The Bertz CT molecular complexity index is 841. The summed E-state index contributed by atoms with van der Waals surface area (Å²) in [7, 11) is 0. The normalized spacial score (nSPS) is 11.7. The quantitative estimate of drug-likeness (QED) is 0.661. The van der Waals surface area contributed by atoms with E-state index >= 15 is 0 Å². The Labute approximate surface area is 127 Å². The van der Waals surface area contributed by atoms with E-state index in [9.17, 15) is 17.6 Å². The molecule has 0 radical (unpaired) electrons. The van der Waals surface area contributed by atoms with Crippen LogP contribution in [-0.4, -0.2) is 15.1 Å². The minimum absolute atomic E-state index is 0.00204. The molecule has 0 saturated heterocycles. The molecule has 0 spiro atoms. The van der Waals surface area contributed by atoms with Crippen molar-refractivity contribution in [3.63, 3.8) is 0 Å². The second kappa shape index (κ2) is 5.45. The SMILES string of the molecule is Cc1ccc(-c2noc(-c3ccc(C(F)(F)F)nc3)n2)cc1F. The van der Waals surface area contributed by atoms with E-state index < -0.39 is 17.7 Å². The van der Waals surface area contributed by atoms with Gasteiger partial charge in [0.1, 0.15) is 11.5 Å². The number of alkyl halides is 3. The number of hydrogen-bond acceptors (Lipinski definition) is 4. The van der Waals surface area contributed by atoms with E-state index in [1.54, 1.807) is 19.1 Å². The van der Waals surface area contributed by atoms with Crippen molar-refractivity contribution in [3.8, 4) is 22.8 Å². The number of nitrogens with zero attached hydrogens (tertiary/aromatic N) is 3. The van der Waals surface area contributed by atoms with Gasteiger partial charge < -0.3 is 4.52 Å². The zero-order chi connectivity index (χ0) is 16.6. The van der Waals surface area contributed by atoms with Gasteiger partial charge in [-0.05, 0) is 30.7 Å². The summed E-state index contributed by atoms with van der Waals surface area (Å²) < 4.78 is 55.9. The number of benzene rings is 1. The van der Waals surface area contributed by atoms with E-state index in [0.717, 1.165) is 12.3 Å². The van der Waals surface area contributed by atoms with E-state index in [2.05, 4.69) is 15.1 Å². The lowest BCUT2D eigenvalue weighted by Crippen LogP contribution is -2.07. The molecule has 3 aromatic rings. The lowest BCUT2D eigenvalue weighted by atomic mass is 10.1. The van der Waals surface area contributed by atoms with Crippen LogP contribution in [0.5, 0.6) is 0 Å². The zero-order valence-electron chi connectivity index (χ0n) is 11.7. The van der Waals surface area contributed by atoms with Crippen LogP contribution in [0.15, 0.2) is 41.1 Å². The maximum Gasteiger partial charge on any atom is 0.433 e. The molecule has 0 aliphatic carbocycles. The number of pyridine rings is 1. The van der Waals surface area contributed by atoms with Crippen molar-refractivity contribution in [2.75, 3.05) is 0 Å². The largest absolute Gasteiger partial charge is 0.433 e. The Balaban J connectivity index is 1.91. The van der Waals surface area contributed by atoms with Crippen molar-refractivity contribution in [3.05, 3.63) is 53.6 Å². The van der Waals surface area contributed by atoms with Crippen LogP contribution in [0.1, 0.15) is 11.3 Å². The Hall–Kier alpha value is -2.77. The predicted molar refractivity (Wildman–Crippen MR) is 72.7 cm³/mol. The van der Waals surface area contributed by atoms with Gasteiger partial charge in [0.25, 0.3) is 5.89 Å². The lowest BCUT2D eigenvalue weighted by molar-refractivity contribution is -0.141. The summed E-state index contributed by atoms with van der Waals surface area (Å²) >= 11 is 0. The van der Waals surface area contributed by atoms with Crippen molar-refractivity contribution in [2.24, 2.45) is 0 Å². The number of hydrogen-bond donors (Lipinski definition) is 0. The van der Waals surface area contributed by atoms with Crippen LogP contribution < -0.4 is 0 Å².